The van der Waals surface area contributed by atoms with Gasteiger partial charge in [0.1, 0.15) is 0 Å². The average molecular weight is 242 g/mol. The number of hydrogen-bond acceptors (Lipinski definition) is 2. The molecule has 1 aromatic rings. The molecule has 1 aliphatic rings. The molecular weight excluding hydrogens is 234 g/mol. The second-order valence-corrected chi connectivity index (χ2v) is 5.82. The fourth-order valence-electron chi connectivity index (χ4n) is 1.26. The molecule has 0 aromatic carbocycles. The van der Waals surface area contributed by atoms with Crippen molar-refractivity contribution in [2.75, 3.05) is 0 Å². The zero-order valence-electron chi connectivity index (χ0n) is 6.51. The van der Waals surface area contributed by atoms with Crippen LogP contribution in [-0.2, 0) is 6.42 Å². The Labute approximate surface area is 84.2 Å². The molecule has 1 heterocycles. The van der Waals surface area contributed by atoms with Gasteiger partial charge in [-0.2, -0.15) is 5.26 Å². The van der Waals surface area contributed by atoms with Gasteiger partial charge in [-0.05, 0) is 40.9 Å². The van der Waals surface area contributed by atoms with E-state index < -0.39 is 0 Å². The van der Waals surface area contributed by atoms with Crippen LogP contribution >= 0.6 is 27.3 Å². The first-order chi connectivity index (χ1) is 5.74. The van der Waals surface area contributed by atoms with Crippen LogP contribution in [0.1, 0.15) is 17.7 Å². The van der Waals surface area contributed by atoms with Crippen molar-refractivity contribution in [2.45, 2.75) is 19.3 Å². The molecule has 1 aliphatic carbocycles. The fourth-order valence-corrected chi connectivity index (χ4v) is 2.89. The first-order valence-electron chi connectivity index (χ1n) is 3.90. The van der Waals surface area contributed by atoms with Crippen molar-refractivity contribution in [3.05, 3.63) is 20.8 Å². The lowest BCUT2D eigenvalue weighted by atomic mass is 10.0. The summed E-state index contributed by atoms with van der Waals surface area (Å²) in [6.07, 6.45) is 3.11. The Morgan fingerprint density at radius 1 is 1.58 bits per heavy atom. The molecule has 1 aromatic heterocycles. The van der Waals surface area contributed by atoms with Gasteiger partial charge in [-0.1, -0.05) is 0 Å². The molecule has 1 saturated carbocycles. The molecule has 1 nitrogen and oxygen atoms in total. The first kappa shape index (κ1) is 8.28. The van der Waals surface area contributed by atoms with Gasteiger partial charge < -0.3 is 0 Å². The van der Waals surface area contributed by atoms with Crippen LogP contribution in [0.2, 0.25) is 0 Å². The van der Waals surface area contributed by atoms with Gasteiger partial charge in [-0.25, -0.2) is 0 Å². The molecule has 0 atom stereocenters. The molecular formula is C9H8BrNS. The Kier molecular flexibility index (Phi) is 1.97. The SMILES string of the molecule is N#CC1(Cc2ccc(Br)s2)CC1. The lowest BCUT2D eigenvalue weighted by molar-refractivity contribution is 0.673. The van der Waals surface area contributed by atoms with E-state index in [9.17, 15) is 0 Å². The zero-order chi connectivity index (χ0) is 8.60. The van der Waals surface area contributed by atoms with E-state index in [1.54, 1.807) is 11.3 Å². The minimum Gasteiger partial charge on any atom is -0.198 e. The van der Waals surface area contributed by atoms with Crippen LogP contribution in [0, 0.1) is 16.7 Å². The number of hydrogen-bond donors (Lipinski definition) is 0. The van der Waals surface area contributed by atoms with Crippen LogP contribution in [0.4, 0.5) is 0 Å². The van der Waals surface area contributed by atoms with Crippen molar-refractivity contribution in [1.82, 2.24) is 0 Å². The van der Waals surface area contributed by atoms with E-state index in [1.165, 1.54) is 4.88 Å². The van der Waals surface area contributed by atoms with Gasteiger partial charge in [0.05, 0.1) is 15.3 Å². The average Bonchev–Trinajstić information content (AvgIpc) is 2.71. The lowest BCUT2D eigenvalue weighted by Gasteiger charge is -2.00. The summed E-state index contributed by atoms with van der Waals surface area (Å²) in [5, 5.41) is 8.87. The van der Waals surface area contributed by atoms with Crippen LogP contribution in [0.15, 0.2) is 15.9 Å². The number of nitriles is 1. The van der Waals surface area contributed by atoms with Crippen LogP contribution in [0.25, 0.3) is 0 Å². The second kappa shape index (κ2) is 2.86. The summed E-state index contributed by atoms with van der Waals surface area (Å²) in [5.41, 5.74) is 0.00426. The third kappa shape index (κ3) is 1.55. The number of rotatable bonds is 2. The highest BCUT2D eigenvalue weighted by atomic mass is 79.9. The van der Waals surface area contributed by atoms with Crippen LogP contribution in [0.3, 0.4) is 0 Å². The smallest absolute Gasteiger partial charge is 0.0701 e. The molecule has 0 unspecified atom stereocenters. The molecule has 12 heavy (non-hydrogen) atoms. The minimum absolute atomic E-state index is 0.00426. The van der Waals surface area contributed by atoms with E-state index in [1.807, 2.05) is 6.07 Å². The molecule has 0 radical (unpaired) electrons. The maximum Gasteiger partial charge on any atom is 0.0701 e. The van der Waals surface area contributed by atoms with Gasteiger partial charge in [-0.3, -0.25) is 0 Å². The maximum absolute atomic E-state index is 8.87. The van der Waals surface area contributed by atoms with Gasteiger partial charge in [0.25, 0.3) is 0 Å². The summed E-state index contributed by atoms with van der Waals surface area (Å²) >= 11 is 5.15. The van der Waals surface area contributed by atoms with Crippen LogP contribution in [0.5, 0.6) is 0 Å². The third-order valence-corrected chi connectivity index (χ3v) is 3.86. The van der Waals surface area contributed by atoms with E-state index in [-0.39, 0.29) is 5.41 Å². The number of halogens is 1. The van der Waals surface area contributed by atoms with Crippen molar-refractivity contribution in [2.24, 2.45) is 5.41 Å². The number of thiophene rings is 1. The van der Waals surface area contributed by atoms with E-state index in [0.29, 0.717) is 0 Å². The molecule has 2 rings (SSSR count). The van der Waals surface area contributed by atoms with Gasteiger partial charge in [0.2, 0.25) is 0 Å². The maximum atomic E-state index is 8.87. The van der Waals surface area contributed by atoms with Crippen molar-refractivity contribution in [3.63, 3.8) is 0 Å². The van der Waals surface area contributed by atoms with Gasteiger partial charge in [0, 0.05) is 11.3 Å². The van der Waals surface area contributed by atoms with Crippen molar-refractivity contribution >= 4 is 27.3 Å². The van der Waals surface area contributed by atoms with E-state index in [0.717, 1.165) is 23.0 Å². The topological polar surface area (TPSA) is 23.8 Å². The van der Waals surface area contributed by atoms with Crippen molar-refractivity contribution in [3.8, 4) is 6.07 Å². The van der Waals surface area contributed by atoms with Crippen LogP contribution in [-0.4, -0.2) is 0 Å². The first-order valence-corrected chi connectivity index (χ1v) is 5.51. The summed E-state index contributed by atoms with van der Waals surface area (Å²) in [6.45, 7) is 0. The third-order valence-electron chi connectivity index (χ3n) is 2.23. The van der Waals surface area contributed by atoms with Crippen molar-refractivity contribution < 1.29 is 0 Å². The summed E-state index contributed by atoms with van der Waals surface area (Å²) in [4.78, 5) is 1.32. The molecule has 3 heteroatoms. The standard InChI is InChI=1S/C9H8BrNS/c10-8-2-1-7(12-8)5-9(6-11)3-4-9/h1-2H,3-5H2. The monoisotopic (exact) mass is 241 g/mol. The van der Waals surface area contributed by atoms with Gasteiger partial charge in [-0.15, -0.1) is 11.3 Å². The highest BCUT2D eigenvalue weighted by Gasteiger charge is 2.43. The lowest BCUT2D eigenvalue weighted by Crippen LogP contribution is -1.98. The molecule has 0 spiro atoms. The molecule has 0 aliphatic heterocycles. The molecule has 1 fully saturated rings. The summed E-state index contributed by atoms with van der Waals surface area (Å²) in [6, 6.07) is 6.55. The van der Waals surface area contributed by atoms with Gasteiger partial charge >= 0.3 is 0 Å². The van der Waals surface area contributed by atoms with Gasteiger partial charge in [0.15, 0.2) is 0 Å². The highest BCUT2D eigenvalue weighted by Crippen LogP contribution is 2.48. The van der Waals surface area contributed by atoms with E-state index in [2.05, 4.69) is 28.1 Å². The predicted octanol–water partition coefficient (Wildman–Crippen LogP) is 3.36. The zero-order valence-corrected chi connectivity index (χ0v) is 8.91. The molecule has 62 valence electrons. The Balaban J connectivity index is 2.10. The fraction of sp³-hybridized carbons (Fsp3) is 0.444. The Bertz CT molecular complexity index is 333. The molecule has 0 N–H and O–H groups in total. The number of nitrogens with zero attached hydrogens (tertiary/aromatic N) is 1. The summed E-state index contributed by atoms with van der Waals surface area (Å²) in [5.74, 6) is 0. The second-order valence-electron chi connectivity index (χ2n) is 3.27. The predicted molar refractivity (Wildman–Crippen MR) is 53.0 cm³/mol. The normalized spacial score (nSPS) is 18.7. The van der Waals surface area contributed by atoms with E-state index >= 15 is 0 Å². The summed E-state index contributed by atoms with van der Waals surface area (Å²) in [7, 11) is 0. The Morgan fingerprint density at radius 3 is 2.75 bits per heavy atom. The van der Waals surface area contributed by atoms with E-state index in [4.69, 9.17) is 5.26 Å². The Hall–Kier alpha value is -0.330. The van der Waals surface area contributed by atoms with Crippen molar-refractivity contribution in [1.29, 1.82) is 5.26 Å². The molecule has 0 bridgehead atoms. The quantitative estimate of drug-likeness (QED) is 0.780. The highest BCUT2D eigenvalue weighted by molar-refractivity contribution is 9.11. The minimum atomic E-state index is 0.00426. The summed E-state index contributed by atoms with van der Waals surface area (Å²) < 4.78 is 1.16. The van der Waals surface area contributed by atoms with Crippen LogP contribution < -0.4 is 0 Å². The Morgan fingerprint density at radius 2 is 2.33 bits per heavy atom. The largest absolute Gasteiger partial charge is 0.198 e. The molecule has 0 saturated heterocycles. The molecule has 0 amide bonds.